The van der Waals surface area contributed by atoms with Gasteiger partial charge in [-0.2, -0.15) is 0 Å². The van der Waals surface area contributed by atoms with E-state index in [1.807, 2.05) is 0 Å². The number of aliphatic hydroxyl groups is 2. The molecule has 0 aliphatic heterocycles. The van der Waals surface area contributed by atoms with E-state index in [2.05, 4.69) is 51.1 Å². The summed E-state index contributed by atoms with van der Waals surface area (Å²) >= 11 is 0.451. The second kappa shape index (κ2) is 7.63. The third-order valence-corrected chi connectivity index (χ3v) is 17.9. The van der Waals surface area contributed by atoms with Crippen LogP contribution in [0.3, 0.4) is 0 Å². The van der Waals surface area contributed by atoms with Gasteiger partial charge in [-0.15, -0.1) is 0 Å². The van der Waals surface area contributed by atoms with Crippen LogP contribution >= 0.6 is 0 Å². The Hall–Kier alpha value is -0.124. The second-order valence-corrected chi connectivity index (χ2v) is 15.7. The summed E-state index contributed by atoms with van der Waals surface area (Å²) in [5.41, 5.74) is -0.182. The number of benzene rings is 1. The Morgan fingerprint density at radius 3 is 2.05 bits per heavy atom. The van der Waals surface area contributed by atoms with Crippen molar-refractivity contribution in [3.63, 3.8) is 0 Å². The summed E-state index contributed by atoms with van der Waals surface area (Å²) in [6.45, 7) is 7.41. The maximum atomic E-state index is 9.79. The molecule has 2 nitrogen and oxygen atoms in total. The molecule has 1 aliphatic rings. The fraction of sp³-hybridized carbons (Fsp3) is 0.667. The van der Waals surface area contributed by atoms with E-state index in [4.69, 9.17) is 0 Å². The van der Waals surface area contributed by atoms with Crippen LogP contribution < -0.4 is 4.46 Å². The van der Waals surface area contributed by atoms with E-state index in [0.717, 1.165) is 10.9 Å². The molecule has 22 heavy (non-hydrogen) atoms. The van der Waals surface area contributed by atoms with Crippen LogP contribution in [0.25, 0.3) is 0 Å². The molecule has 0 radical (unpaired) electrons. The quantitative estimate of drug-likeness (QED) is 0.642. The normalized spacial score (nSPS) is 21.6. The molecule has 2 atom stereocenters. The summed E-state index contributed by atoms with van der Waals surface area (Å²) in [6, 6.07) is 14.8. The fourth-order valence-electron chi connectivity index (χ4n) is 3.85. The van der Waals surface area contributed by atoms with Gasteiger partial charge in [-0.1, -0.05) is 0 Å². The zero-order valence-electron chi connectivity index (χ0n) is 14.1. The van der Waals surface area contributed by atoms with Crippen molar-refractivity contribution < 1.29 is 10.2 Å². The third kappa shape index (κ3) is 3.37. The molecule has 2 N–H and O–H groups in total. The molecule has 1 saturated carbocycles. The average Bonchev–Trinajstić information content (AvgIpc) is 3.31. The van der Waals surface area contributed by atoms with Crippen LogP contribution in [-0.2, 0) is 0 Å². The van der Waals surface area contributed by atoms with Crippen molar-refractivity contribution in [3.8, 4) is 0 Å². The Morgan fingerprint density at radius 1 is 1.09 bits per heavy atom. The van der Waals surface area contributed by atoms with Crippen molar-refractivity contribution in [1.82, 2.24) is 0 Å². The molecule has 1 fully saturated rings. The Kier molecular flexibility index (Phi) is 6.32. The second-order valence-electron chi connectivity index (χ2n) is 6.76. The van der Waals surface area contributed by atoms with E-state index in [-0.39, 0.29) is 18.6 Å². The summed E-state index contributed by atoms with van der Waals surface area (Å²) < 4.78 is 2.21. The standard InChI is InChI=1S/C18H30O2SeSi/c1-4-22(5-2,6-3)17(16-12-18(16,13-19)14-20)21-15-10-8-7-9-11-15/h7-11,16-17,19-20H,4-6,12-14H2,1-3H3/t16-,17+/m1/s1. The van der Waals surface area contributed by atoms with Crippen molar-refractivity contribution in [2.45, 2.75) is 49.8 Å². The summed E-state index contributed by atoms with van der Waals surface area (Å²) in [5.74, 6) is 0.536. The van der Waals surface area contributed by atoms with Crippen LogP contribution in [0.5, 0.6) is 0 Å². The first-order chi connectivity index (χ1) is 10.6. The van der Waals surface area contributed by atoms with Gasteiger partial charge >= 0.3 is 142 Å². The van der Waals surface area contributed by atoms with E-state index in [0.29, 0.717) is 20.9 Å². The molecule has 1 aromatic carbocycles. The zero-order chi connectivity index (χ0) is 16.2. The molecule has 1 aliphatic carbocycles. The number of hydrogen-bond donors (Lipinski definition) is 2. The van der Waals surface area contributed by atoms with Gasteiger partial charge < -0.3 is 0 Å². The number of rotatable bonds is 9. The minimum absolute atomic E-state index is 0.150. The SMILES string of the molecule is CC[Si](CC)(CC)[C@H]([Se]c1ccccc1)[C@H]1CC1(CO)CO. The molecule has 1 aromatic rings. The summed E-state index contributed by atoms with van der Waals surface area (Å²) in [7, 11) is -1.35. The van der Waals surface area contributed by atoms with Crippen molar-refractivity contribution in [1.29, 1.82) is 0 Å². The first-order valence-corrected chi connectivity index (χ1v) is 13.1. The van der Waals surface area contributed by atoms with E-state index >= 15 is 0 Å². The van der Waals surface area contributed by atoms with Crippen LogP contribution in [-0.4, -0.2) is 46.5 Å². The molecule has 124 valence electrons. The maximum absolute atomic E-state index is 9.79. The van der Waals surface area contributed by atoms with Crippen molar-refractivity contribution >= 4 is 27.5 Å². The first kappa shape index (κ1) is 18.2. The molecule has 4 heteroatoms. The average molecular weight is 385 g/mol. The van der Waals surface area contributed by atoms with E-state index in [1.54, 1.807) is 0 Å². The molecular weight excluding hydrogens is 355 g/mol. The van der Waals surface area contributed by atoms with Gasteiger partial charge in [0, 0.05) is 0 Å². The fourth-order valence-corrected chi connectivity index (χ4v) is 16.0. The van der Waals surface area contributed by atoms with Gasteiger partial charge in [-0.3, -0.25) is 0 Å². The monoisotopic (exact) mass is 386 g/mol. The zero-order valence-corrected chi connectivity index (χ0v) is 16.8. The van der Waals surface area contributed by atoms with Crippen molar-refractivity contribution in [2.75, 3.05) is 13.2 Å². The number of hydrogen-bond acceptors (Lipinski definition) is 2. The molecule has 0 saturated heterocycles. The first-order valence-electron chi connectivity index (χ1n) is 8.54. The topological polar surface area (TPSA) is 40.5 Å². The summed E-state index contributed by atoms with van der Waals surface area (Å²) in [6.07, 6.45) is 1.02. The van der Waals surface area contributed by atoms with Gasteiger partial charge in [0.1, 0.15) is 0 Å². The van der Waals surface area contributed by atoms with Crippen molar-refractivity contribution in [3.05, 3.63) is 30.3 Å². The molecule has 0 amide bonds. The molecule has 0 spiro atoms. The molecule has 0 heterocycles. The van der Waals surface area contributed by atoms with Crippen LogP contribution in [0.4, 0.5) is 0 Å². The van der Waals surface area contributed by atoms with E-state index < -0.39 is 8.07 Å². The van der Waals surface area contributed by atoms with Crippen molar-refractivity contribution in [2.24, 2.45) is 11.3 Å². The Labute approximate surface area is 142 Å². The predicted molar refractivity (Wildman–Crippen MR) is 97.5 cm³/mol. The number of aliphatic hydroxyl groups excluding tert-OH is 2. The van der Waals surface area contributed by atoms with Gasteiger partial charge in [0.05, 0.1) is 0 Å². The minimum atomic E-state index is -1.35. The molecule has 0 bridgehead atoms. The van der Waals surface area contributed by atoms with Crippen LogP contribution in [0.2, 0.25) is 22.6 Å². The molecular formula is C18H30O2SeSi. The van der Waals surface area contributed by atoms with Gasteiger partial charge in [0.15, 0.2) is 0 Å². The van der Waals surface area contributed by atoms with E-state index in [9.17, 15) is 10.2 Å². The van der Waals surface area contributed by atoms with Gasteiger partial charge in [0.2, 0.25) is 0 Å². The van der Waals surface area contributed by atoms with E-state index in [1.165, 1.54) is 22.6 Å². The Balaban J connectivity index is 2.29. The van der Waals surface area contributed by atoms with Crippen LogP contribution in [0.15, 0.2) is 30.3 Å². The van der Waals surface area contributed by atoms with Gasteiger partial charge in [-0.05, 0) is 0 Å². The predicted octanol–water partition coefficient (Wildman–Crippen LogP) is 2.84. The Bertz CT molecular complexity index is 449. The van der Waals surface area contributed by atoms with Crippen LogP contribution in [0, 0.1) is 11.3 Å². The van der Waals surface area contributed by atoms with Gasteiger partial charge in [-0.25, -0.2) is 0 Å². The Morgan fingerprint density at radius 2 is 1.64 bits per heavy atom. The molecule has 0 unspecified atom stereocenters. The van der Waals surface area contributed by atoms with Crippen LogP contribution in [0.1, 0.15) is 27.2 Å². The summed E-state index contributed by atoms with van der Waals surface area (Å²) in [5, 5.41) is 19.6. The third-order valence-electron chi connectivity index (χ3n) is 5.97. The summed E-state index contributed by atoms with van der Waals surface area (Å²) in [4.78, 5) is 0. The molecule has 2 rings (SSSR count). The molecule has 0 aromatic heterocycles. The van der Waals surface area contributed by atoms with Gasteiger partial charge in [0.25, 0.3) is 0 Å².